The third-order valence-corrected chi connectivity index (χ3v) is 5.61. The van der Waals surface area contributed by atoms with Crippen molar-refractivity contribution in [2.75, 3.05) is 26.2 Å². The van der Waals surface area contributed by atoms with Crippen LogP contribution in [0.15, 0.2) is 24.3 Å². The number of likely N-dealkylation sites (tertiary alicyclic amines) is 1. The van der Waals surface area contributed by atoms with E-state index in [2.05, 4.69) is 0 Å². The van der Waals surface area contributed by atoms with Gasteiger partial charge in [0.1, 0.15) is 5.82 Å². The van der Waals surface area contributed by atoms with Gasteiger partial charge in [-0.05, 0) is 51.2 Å². The molecule has 5 nitrogen and oxygen atoms in total. The molecule has 1 atom stereocenters. The number of ether oxygens (including phenoxy) is 1. The van der Waals surface area contributed by atoms with E-state index in [1.165, 1.54) is 6.07 Å². The Labute approximate surface area is 160 Å². The fourth-order valence-electron chi connectivity index (χ4n) is 4.03. The molecule has 3 rings (SSSR count). The first-order valence-electron chi connectivity index (χ1n) is 9.89. The van der Waals surface area contributed by atoms with Crippen molar-refractivity contribution in [2.45, 2.75) is 57.6 Å². The van der Waals surface area contributed by atoms with E-state index in [1.807, 2.05) is 18.7 Å². The molecule has 0 aromatic heterocycles. The van der Waals surface area contributed by atoms with Crippen LogP contribution in [-0.4, -0.2) is 59.5 Å². The minimum Gasteiger partial charge on any atom is -0.361 e. The minimum absolute atomic E-state index is 0.00149. The molecular weight excluding hydrogens is 347 g/mol. The summed E-state index contributed by atoms with van der Waals surface area (Å²) in [7, 11) is 0. The van der Waals surface area contributed by atoms with Crippen LogP contribution in [0.4, 0.5) is 4.39 Å². The summed E-state index contributed by atoms with van der Waals surface area (Å²) in [4.78, 5) is 29.5. The van der Waals surface area contributed by atoms with Gasteiger partial charge in [-0.1, -0.05) is 18.2 Å². The van der Waals surface area contributed by atoms with Crippen molar-refractivity contribution in [1.82, 2.24) is 9.80 Å². The van der Waals surface area contributed by atoms with Crippen LogP contribution in [0.2, 0.25) is 0 Å². The average Bonchev–Trinajstić information content (AvgIpc) is 2.81. The van der Waals surface area contributed by atoms with Gasteiger partial charge in [-0.2, -0.15) is 0 Å². The van der Waals surface area contributed by atoms with Gasteiger partial charge in [-0.25, -0.2) is 4.39 Å². The second-order valence-electron chi connectivity index (χ2n) is 7.80. The molecule has 1 spiro atoms. The molecule has 1 aromatic rings. The molecule has 2 saturated heterocycles. The lowest BCUT2D eigenvalue weighted by Gasteiger charge is -2.43. The van der Waals surface area contributed by atoms with Crippen molar-refractivity contribution < 1.29 is 18.7 Å². The van der Waals surface area contributed by atoms with Gasteiger partial charge in [0.2, 0.25) is 5.91 Å². The van der Waals surface area contributed by atoms with Crippen molar-refractivity contribution in [3.63, 3.8) is 0 Å². The van der Waals surface area contributed by atoms with Gasteiger partial charge < -0.3 is 14.5 Å². The largest absolute Gasteiger partial charge is 0.361 e. The smallest absolute Gasteiger partial charge is 0.256 e. The molecule has 2 aliphatic rings. The average molecular weight is 376 g/mol. The standard InChI is InChI=1S/C21H29FN2O3/c1-16(2)24-12-6-5-11-21(20(24)26)15-23(13-14-27-21)19(25)10-9-17-7-3-4-8-18(17)22/h3-4,7-8,16H,5-6,9-15H2,1-2H3. The Bertz CT molecular complexity index is 694. The second kappa shape index (κ2) is 8.38. The first-order chi connectivity index (χ1) is 12.9. The summed E-state index contributed by atoms with van der Waals surface area (Å²) in [5.74, 6) is -0.328. The number of amides is 2. The second-order valence-corrected chi connectivity index (χ2v) is 7.80. The molecule has 2 heterocycles. The highest BCUT2D eigenvalue weighted by atomic mass is 19.1. The Hall–Kier alpha value is -1.95. The Morgan fingerprint density at radius 2 is 2.04 bits per heavy atom. The zero-order valence-electron chi connectivity index (χ0n) is 16.2. The number of carbonyl (C=O) groups excluding carboxylic acids is 2. The van der Waals surface area contributed by atoms with Crippen LogP contribution in [0.3, 0.4) is 0 Å². The normalized spacial score (nSPS) is 23.8. The van der Waals surface area contributed by atoms with Crippen molar-refractivity contribution in [3.8, 4) is 0 Å². The van der Waals surface area contributed by atoms with Crippen molar-refractivity contribution in [3.05, 3.63) is 35.6 Å². The molecule has 0 aliphatic carbocycles. The predicted octanol–water partition coefficient (Wildman–Crippen LogP) is 2.78. The molecule has 148 valence electrons. The lowest BCUT2D eigenvalue weighted by Crippen LogP contribution is -2.61. The molecule has 6 heteroatoms. The van der Waals surface area contributed by atoms with Gasteiger partial charge in [0.25, 0.3) is 5.91 Å². The molecule has 2 aliphatic heterocycles. The zero-order chi connectivity index (χ0) is 19.4. The van der Waals surface area contributed by atoms with Gasteiger partial charge in [0.05, 0.1) is 13.2 Å². The fourth-order valence-corrected chi connectivity index (χ4v) is 4.03. The Kier molecular flexibility index (Phi) is 6.15. The predicted molar refractivity (Wildman–Crippen MR) is 101 cm³/mol. The van der Waals surface area contributed by atoms with Crippen molar-refractivity contribution >= 4 is 11.8 Å². The van der Waals surface area contributed by atoms with Gasteiger partial charge in [-0.15, -0.1) is 0 Å². The van der Waals surface area contributed by atoms with Crippen LogP contribution < -0.4 is 0 Å². The maximum absolute atomic E-state index is 13.8. The number of aryl methyl sites for hydroxylation is 1. The summed E-state index contributed by atoms with van der Waals surface area (Å²) in [6.45, 7) is 5.90. The van der Waals surface area contributed by atoms with E-state index in [9.17, 15) is 14.0 Å². The summed E-state index contributed by atoms with van der Waals surface area (Å²) in [6.07, 6.45) is 3.11. The minimum atomic E-state index is -0.924. The summed E-state index contributed by atoms with van der Waals surface area (Å²) < 4.78 is 19.8. The Balaban J connectivity index is 1.68. The number of hydrogen-bond acceptors (Lipinski definition) is 3. The van der Waals surface area contributed by atoms with E-state index < -0.39 is 5.60 Å². The van der Waals surface area contributed by atoms with Crippen LogP contribution in [0.5, 0.6) is 0 Å². The zero-order valence-corrected chi connectivity index (χ0v) is 16.2. The van der Waals surface area contributed by atoms with Crippen LogP contribution in [-0.2, 0) is 20.7 Å². The first kappa shape index (κ1) is 19.8. The van der Waals surface area contributed by atoms with Gasteiger partial charge in [0.15, 0.2) is 5.60 Å². The molecule has 0 radical (unpaired) electrons. The maximum atomic E-state index is 13.8. The van der Waals surface area contributed by atoms with Crippen LogP contribution in [0.25, 0.3) is 0 Å². The van der Waals surface area contributed by atoms with Crippen LogP contribution >= 0.6 is 0 Å². The molecule has 2 amide bonds. The highest BCUT2D eigenvalue weighted by Crippen LogP contribution is 2.31. The van der Waals surface area contributed by atoms with E-state index in [4.69, 9.17) is 4.74 Å². The third kappa shape index (κ3) is 4.32. The summed E-state index contributed by atoms with van der Waals surface area (Å²) in [5, 5.41) is 0. The summed E-state index contributed by atoms with van der Waals surface area (Å²) >= 11 is 0. The molecule has 27 heavy (non-hydrogen) atoms. The Morgan fingerprint density at radius 3 is 2.78 bits per heavy atom. The monoisotopic (exact) mass is 376 g/mol. The summed E-state index contributed by atoms with van der Waals surface area (Å²) in [5.41, 5.74) is -0.377. The van der Waals surface area contributed by atoms with E-state index in [0.29, 0.717) is 38.1 Å². The van der Waals surface area contributed by atoms with E-state index in [-0.39, 0.29) is 30.1 Å². The van der Waals surface area contributed by atoms with E-state index >= 15 is 0 Å². The SMILES string of the molecule is CC(C)N1CCCCC2(CN(C(=O)CCc3ccccc3F)CCO2)C1=O. The molecule has 2 fully saturated rings. The highest BCUT2D eigenvalue weighted by Gasteiger charge is 2.48. The quantitative estimate of drug-likeness (QED) is 0.812. The number of rotatable bonds is 4. The maximum Gasteiger partial charge on any atom is 0.256 e. The molecular formula is C21H29FN2O3. The molecule has 1 unspecified atom stereocenters. The number of carbonyl (C=O) groups is 2. The lowest BCUT2D eigenvalue weighted by molar-refractivity contribution is -0.175. The number of nitrogens with zero attached hydrogens (tertiary/aromatic N) is 2. The fraction of sp³-hybridized carbons (Fsp3) is 0.619. The number of halogens is 1. The van der Waals surface area contributed by atoms with Gasteiger partial charge in [0, 0.05) is 25.6 Å². The van der Waals surface area contributed by atoms with Gasteiger partial charge >= 0.3 is 0 Å². The lowest BCUT2D eigenvalue weighted by atomic mass is 9.93. The first-order valence-corrected chi connectivity index (χ1v) is 9.89. The molecule has 0 N–H and O–H groups in total. The third-order valence-electron chi connectivity index (χ3n) is 5.61. The summed E-state index contributed by atoms with van der Waals surface area (Å²) in [6, 6.07) is 6.65. The molecule has 0 saturated carbocycles. The molecule has 1 aromatic carbocycles. The van der Waals surface area contributed by atoms with Crippen molar-refractivity contribution in [1.29, 1.82) is 0 Å². The topological polar surface area (TPSA) is 49.9 Å². The van der Waals surface area contributed by atoms with Crippen LogP contribution in [0, 0.1) is 5.82 Å². The van der Waals surface area contributed by atoms with Gasteiger partial charge in [-0.3, -0.25) is 9.59 Å². The molecule has 0 bridgehead atoms. The number of benzene rings is 1. The highest BCUT2D eigenvalue weighted by molar-refractivity contribution is 5.87. The number of morpholine rings is 1. The Morgan fingerprint density at radius 1 is 1.26 bits per heavy atom. The number of hydrogen-bond donors (Lipinski definition) is 0. The van der Waals surface area contributed by atoms with Crippen molar-refractivity contribution in [2.24, 2.45) is 0 Å². The van der Waals surface area contributed by atoms with Crippen LogP contribution in [0.1, 0.15) is 45.1 Å². The van der Waals surface area contributed by atoms with E-state index in [0.717, 1.165) is 19.4 Å². The van der Waals surface area contributed by atoms with E-state index in [1.54, 1.807) is 23.1 Å².